The van der Waals surface area contributed by atoms with E-state index in [1.165, 1.54) is 0 Å². The lowest BCUT2D eigenvalue weighted by molar-refractivity contribution is -0.138. The van der Waals surface area contributed by atoms with Crippen molar-refractivity contribution >= 4 is 21.7 Å². The van der Waals surface area contributed by atoms with Gasteiger partial charge in [0.05, 0.1) is 22.8 Å². The molecule has 1 amide bonds. The standard InChI is InChI=1S/C12H17N3O5S/c1-7-11(8(2)14-13-7)12(18)15(5-10(16)17)9-3-4-21(19,20)6-9/h9H,3-6H2,1-2H3,(H,13,14)(H,16,17). The molecule has 1 aliphatic rings. The molecule has 0 radical (unpaired) electrons. The van der Waals surface area contributed by atoms with Crippen molar-refractivity contribution in [2.75, 3.05) is 18.1 Å². The molecule has 0 spiro atoms. The van der Waals surface area contributed by atoms with Crippen LogP contribution in [-0.4, -0.2) is 64.6 Å². The van der Waals surface area contributed by atoms with Crippen molar-refractivity contribution in [3.63, 3.8) is 0 Å². The summed E-state index contributed by atoms with van der Waals surface area (Å²) in [7, 11) is -3.21. The third-order valence-corrected chi connectivity index (χ3v) is 5.31. The number of aromatic amines is 1. The van der Waals surface area contributed by atoms with Crippen molar-refractivity contribution in [3.05, 3.63) is 17.0 Å². The van der Waals surface area contributed by atoms with Crippen molar-refractivity contribution in [1.29, 1.82) is 0 Å². The van der Waals surface area contributed by atoms with Crippen LogP contribution in [-0.2, 0) is 14.6 Å². The highest BCUT2D eigenvalue weighted by Crippen LogP contribution is 2.21. The Hall–Kier alpha value is -1.90. The number of rotatable bonds is 4. The van der Waals surface area contributed by atoms with Crippen molar-refractivity contribution in [3.8, 4) is 0 Å². The van der Waals surface area contributed by atoms with E-state index in [9.17, 15) is 18.0 Å². The molecular weight excluding hydrogens is 298 g/mol. The van der Waals surface area contributed by atoms with Crippen LogP contribution in [0.15, 0.2) is 0 Å². The van der Waals surface area contributed by atoms with E-state index in [2.05, 4.69) is 10.2 Å². The Morgan fingerprint density at radius 1 is 1.43 bits per heavy atom. The lowest BCUT2D eigenvalue weighted by atomic mass is 10.1. The predicted octanol–water partition coefficient (Wildman–Crippen LogP) is -0.260. The Kier molecular flexibility index (Phi) is 4.04. The van der Waals surface area contributed by atoms with E-state index in [0.717, 1.165) is 4.90 Å². The number of carbonyl (C=O) groups excluding carboxylic acids is 1. The maximum Gasteiger partial charge on any atom is 0.323 e. The third kappa shape index (κ3) is 3.23. The van der Waals surface area contributed by atoms with E-state index in [0.29, 0.717) is 17.0 Å². The molecule has 8 nitrogen and oxygen atoms in total. The molecule has 0 saturated carbocycles. The Balaban J connectivity index is 2.33. The second-order valence-corrected chi connectivity index (χ2v) is 7.42. The van der Waals surface area contributed by atoms with Gasteiger partial charge in [0, 0.05) is 11.7 Å². The van der Waals surface area contributed by atoms with Crippen LogP contribution in [0.4, 0.5) is 0 Å². The number of carboxylic acids is 1. The summed E-state index contributed by atoms with van der Waals surface area (Å²) in [6.45, 7) is 2.78. The predicted molar refractivity (Wildman–Crippen MR) is 73.8 cm³/mol. The van der Waals surface area contributed by atoms with Gasteiger partial charge in [-0.05, 0) is 20.3 Å². The van der Waals surface area contributed by atoms with E-state index >= 15 is 0 Å². The number of sulfone groups is 1. The maximum absolute atomic E-state index is 12.6. The van der Waals surface area contributed by atoms with Crippen LogP contribution in [0.2, 0.25) is 0 Å². The fourth-order valence-corrected chi connectivity index (χ4v) is 4.27. The molecule has 116 valence electrons. The molecule has 21 heavy (non-hydrogen) atoms. The fourth-order valence-electron chi connectivity index (χ4n) is 2.54. The number of carboxylic acid groups (broad SMARTS) is 1. The molecule has 9 heteroatoms. The van der Waals surface area contributed by atoms with Gasteiger partial charge < -0.3 is 10.0 Å². The first-order valence-electron chi connectivity index (χ1n) is 6.46. The Morgan fingerprint density at radius 2 is 2.10 bits per heavy atom. The molecular formula is C12H17N3O5S. The number of H-pyrrole nitrogens is 1. The topological polar surface area (TPSA) is 120 Å². The normalized spacial score (nSPS) is 20.4. The zero-order chi connectivity index (χ0) is 15.8. The monoisotopic (exact) mass is 315 g/mol. The van der Waals surface area contributed by atoms with Crippen LogP contribution in [0.5, 0.6) is 0 Å². The first-order chi connectivity index (χ1) is 9.71. The van der Waals surface area contributed by atoms with E-state index in [-0.39, 0.29) is 17.9 Å². The molecule has 1 atom stereocenters. The fraction of sp³-hybridized carbons (Fsp3) is 0.583. The average molecular weight is 315 g/mol. The van der Waals surface area contributed by atoms with Gasteiger partial charge in [0.1, 0.15) is 6.54 Å². The van der Waals surface area contributed by atoms with E-state index < -0.39 is 34.3 Å². The minimum Gasteiger partial charge on any atom is -0.480 e. The minimum atomic E-state index is -3.21. The molecule has 0 bridgehead atoms. The number of hydrogen-bond donors (Lipinski definition) is 2. The highest BCUT2D eigenvalue weighted by Gasteiger charge is 2.37. The summed E-state index contributed by atoms with van der Waals surface area (Å²) in [6, 6.07) is -0.604. The number of amides is 1. The van der Waals surface area contributed by atoms with E-state index in [1.807, 2.05) is 0 Å². The lowest BCUT2D eigenvalue weighted by Gasteiger charge is -2.26. The van der Waals surface area contributed by atoms with Gasteiger partial charge in [-0.1, -0.05) is 0 Å². The molecule has 1 aromatic rings. The first-order valence-corrected chi connectivity index (χ1v) is 8.28. The smallest absolute Gasteiger partial charge is 0.323 e. The quantitative estimate of drug-likeness (QED) is 0.790. The molecule has 0 aromatic carbocycles. The number of aryl methyl sites for hydroxylation is 2. The van der Waals surface area contributed by atoms with Crippen LogP contribution in [0, 0.1) is 13.8 Å². The van der Waals surface area contributed by atoms with E-state index in [4.69, 9.17) is 5.11 Å². The number of aromatic nitrogens is 2. The van der Waals surface area contributed by atoms with Crippen molar-refractivity contribution in [2.24, 2.45) is 0 Å². The van der Waals surface area contributed by atoms with Gasteiger partial charge in [0.25, 0.3) is 5.91 Å². The number of hydrogen-bond acceptors (Lipinski definition) is 5. The Morgan fingerprint density at radius 3 is 2.52 bits per heavy atom. The van der Waals surface area contributed by atoms with E-state index in [1.54, 1.807) is 13.8 Å². The summed E-state index contributed by atoms with van der Waals surface area (Å²) < 4.78 is 23.1. The van der Waals surface area contributed by atoms with Crippen molar-refractivity contribution in [2.45, 2.75) is 26.3 Å². The molecule has 1 saturated heterocycles. The summed E-state index contributed by atoms with van der Waals surface area (Å²) in [5.74, 6) is -1.89. The second kappa shape index (κ2) is 5.47. The minimum absolute atomic E-state index is 0.0234. The molecule has 2 N–H and O–H groups in total. The maximum atomic E-state index is 12.6. The highest BCUT2D eigenvalue weighted by molar-refractivity contribution is 7.91. The zero-order valence-electron chi connectivity index (χ0n) is 11.8. The SMILES string of the molecule is Cc1n[nH]c(C)c1C(=O)N(CC(=O)O)C1CCS(=O)(=O)C1. The number of carbonyl (C=O) groups is 2. The molecule has 2 rings (SSSR count). The average Bonchev–Trinajstić information content (AvgIpc) is 2.88. The lowest BCUT2D eigenvalue weighted by Crippen LogP contribution is -2.44. The van der Waals surface area contributed by atoms with Crippen molar-refractivity contribution in [1.82, 2.24) is 15.1 Å². The summed E-state index contributed by atoms with van der Waals surface area (Å²) >= 11 is 0. The highest BCUT2D eigenvalue weighted by atomic mass is 32.2. The number of nitrogens with one attached hydrogen (secondary N) is 1. The number of aliphatic carboxylic acids is 1. The van der Waals surface area contributed by atoms with Gasteiger partial charge >= 0.3 is 5.97 Å². The first kappa shape index (κ1) is 15.5. The largest absolute Gasteiger partial charge is 0.480 e. The summed E-state index contributed by atoms with van der Waals surface area (Å²) in [5.41, 5.74) is 1.31. The van der Waals surface area contributed by atoms with Gasteiger partial charge in [-0.2, -0.15) is 5.10 Å². The molecule has 2 heterocycles. The zero-order valence-corrected chi connectivity index (χ0v) is 12.6. The summed E-state index contributed by atoms with van der Waals surface area (Å²) in [6.07, 6.45) is 0.261. The van der Waals surface area contributed by atoms with Gasteiger partial charge in [0.2, 0.25) is 0 Å². The number of nitrogens with zero attached hydrogens (tertiary/aromatic N) is 2. The molecule has 1 aliphatic heterocycles. The molecule has 1 fully saturated rings. The second-order valence-electron chi connectivity index (χ2n) is 5.19. The van der Waals surface area contributed by atoms with Crippen LogP contribution >= 0.6 is 0 Å². The van der Waals surface area contributed by atoms with Gasteiger partial charge in [0.15, 0.2) is 9.84 Å². The van der Waals surface area contributed by atoms with Crippen LogP contribution in [0.1, 0.15) is 28.2 Å². The van der Waals surface area contributed by atoms with Gasteiger partial charge in [-0.25, -0.2) is 8.42 Å². The Bertz CT molecular complexity index is 660. The van der Waals surface area contributed by atoms with Crippen LogP contribution in [0.25, 0.3) is 0 Å². The van der Waals surface area contributed by atoms with Crippen LogP contribution < -0.4 is 0 Å². The molecule has 1 aromatic heterocycles. The van der Waals surface area contributed by atoms with Crippen LogP contribution in [0.3, 0.4) is 0 Å². The summed E-state index contributed by atoms with van der Waals surface area (Å²) in [5, 5.41) is 15.6. The van der Waals surface area contributed by atoms with Crippen molar-refractivity contribution < 1.29 is 23.1 Å². The molecule has 1 unspecified atom stereocenters. The third-order valence-electron chi connectivity index (χ3n) is 3.56. The van der Waals surface area contributed by atoms with Gasteiger partial charge in [-0.15, -0.1) is 0 Å². The Labute approximate surface area is 122 Å². The molecule has 0 aliphatic carbocycles. The summed E-state index contributed by atoms with van der Waals surface area (Å²) in [4.78, 5) is 24.7. The van der Waals surface area contributed by atoms with Gasteiger partial charge in [-0.3, -0.25) is 14.7 Å².